The van der Waals surface area contributed by atoms with E-state index in [0.717, 1.165) is 83.5 Å². The van der Waals surface area contributed by atoms with Gasteiger partial charge in [0.1, 0.15) is 13.2 Å². The smallest absolute Gasteiger partial charge is 0.306 e. The summed E-state index contributed by atoms with van der Waals surface area (Å²) in [5.74, 6) is -0.895. The molecule has 0 spiro atoms. The van der Waals surface area contributed by atoms with Crippen molar-refractivity contribution in [1.82, 2.24) is 0 Å². The Morgan fingerprint density at radius 1 is 0.259 bits per heavy atom. The number of carbonyl (C=O) groups excluding carboxylic acids is 3. The molecule has 0 N–H and O–H groups in total. The Labute approximate surface area is 505 Å². The molecule has 474 valence electrons. The predicted octanol–water partition coefficient (Wildman–Crippen LogP) is 24.9. The third kappa shape index (κ3) is 68.0. The fourth-order valence-electron chi connectivity index (χ4n) is 11.0. The minimum Gasteiger partial charge on any atom is -0.462 e. The highest BCUT2D eigenvalue weighted by atomic mass is 16.6. The number of allylic oxidation sites excluding steroid dienone is 8. The fraction of sp³-hybridized carbons (Fsp3) is 0.853. The minimum atomic E-state index is -0.789. The number of ether oxygens (including phenoxy) is 3. The van der Waals surface area contributed by atoms with Gasteiger partial charge in [0.25, 0.3) is 0 Å². The maximum Gasteiger partial charge on any atom is 0.306 e. The van der Waals surface area contributed by atoms with E-state index in [1.807, 2.05) is 0 Å². The molecule has 6 nitrogen and oxygen atoms in total. The molecule has 6 heteroatoms. The molecular weight excluding hydrogens is 997 g/mol. The van der Waals surface area contributed by atoms with E-state index in [2.05, 4.69) is 69.4 Å². The predicted molar refractivity (Wildman–Crippen MR) is 353 cm³/mol. The number of unbranched alkanes of at least 4 members (excludes halogenated alkanes) is 48. The van der Waals surface area contributed by atoms with Gasteiger partial charge < -0.3 is 14.2 Å². The van der Waals surface area contributed by atoms with E-state index in [-0.39, 0.29) is 31.1 Å². The van der Waals surface area contributed by atoms with Gasteiger partial charge in [-0.2, -0.15) is 0 Å². The van der Waals surface area contributed by atoms with Crippen LogP contribution in [0.4, 0.5) is 0 Å². The lowest BCUT2D eigenvalue weighted by atomic mass is 10.0. The topological polar surface area (TPSA) is 78.9 Å². The average Bonchev–Trinajstić information content (AvgIpc) is 3.47. The molecule has 0 rings (SSSR count). The number of rotatable bonds is 67. The van der Waals surface area contributed by atoms with Crippen LogP contribution in [0.15, 0.2) is 48.6 Å². The van der Waals surface area contributed by atoms with Crippen LogP contribution in [0, 0.1) is 0 Å². The third-order valence-electron chi connectivity index (χ3n) is 16.3. The molecule has 1 unspecified atom stereocenters. The van der Waals surface area contributed by atoms with E-state index >= 15 is 0 Å². The minimum absolute atomic E-state index is 0.0808. The highest BCUT2D eigenvalue weighted by molar-refractivity contribution is 5.71. The van der Waals surface area contributed by atoms with Gasteiger partial charge in [0, 0.05) is 19.3 Å². The molecule has 0 aromatic carbocycles. The summed E-state index contributed by atoms with van der Waals surface area (Å²) in [5.41, 5.74) is 0. The monoisotopic (exact) mass is 1140 g/mol. The van der Waals surface area contributed by atoms with E-state index in [9.17, 15) is 14.4 Å². The molecule has 0 aliphatic carbocycles. The largest absolute Gasteiger partial charge is 0.462 e. The van der Waals surface area contributed by atoms with E-state index < -0.39 is 6.10 Å². The summed E-state index contributed by atoms with van der Waals surface area (Å²) >= 11 is 0. The number of carbonyl (C=O) groups is 3. The van der Waals surface area contributed by atoms with Crippen LogP contribution in [0.25, 0.3) is 0 Å². The molecule has 0 amide bonds. The summed E-state index contributed by atoms with van der Waals surface area (Å²) in [5, 5.41) is 0. The van der Waals surface area contributed by atoms with E-state index in [4.69, 9.17) is 14.2 Å². The molecule has 0 aromatic rings. The first-order chi connectivity index (χ1) is 40.0. The lowest BCUT2D eigenvalue weighted by molar-refractivity contribution is -0.167. The normalized spacial score (nSPS) is 12.3. The second-order valence-corrected chi connectivity index (χ2v) is 24.5. The number of hydrogen-bond donors (Lipinski definition) is 0. The van der Waals surface area contributed by atoms with Crippen molar-refractivity contribution >= 4 is 17.9 Å². The SMILES string of the molecule is CC/C=C\C/C=C\C/C=C\C/C=C\CCCCC(=O)OCC(COC(=O)CCCCCCCCCCCCCCCCCCCCCCCCCCCC)OC(=O)CCCCCCCCCCCCCCCCCCCCCCCC. The summed E-state index contributed by atoms with van der Waals surface area (Å²) in [7, 11) is 0. The second kappa shape index (κ2) is 69.9. The van der Waals surface area contributed by atoms with Crippen molar-refractivity contribution in [2.75, 3.05) is 13.2 Å². The maximum absolute atomic E-state index is 13.0. The lowest BCUT2D eigenvalue weighted by Gasteiger charge is -2.18. The molecule has 1 atom stereocenters. The first-order valence-electron chi connectivity index (χ1n) is 36.1. The summed E-state index contributed by atoms with van der Waals surface area (Å²) in [6, 6.07) is 0. The van der Waals surface area contributed by atoms with Crippen LogP contribution >= 0.6 is 0 Å². The van der Waals surface area contributed by atoms with Crippen molar-refractivity contribution in [3.05, 3.63) is 48.6 Å². The molecule has 0 fully saturated rings. The van der Waals surface area contributed by atoms with Gasteiger partial charge in [0.05, 0.1) is 0 Å². The first-order valence-corrected chi connectivity index (χ1v) is 36.1. The third-order valence-corrected chi connectivity index (χ3v) is 16.3. The van der Waals surface area contributed by atoms with Crippen molar-refractivity contribution in [2.24, 2.45) is 0 Å². The zero-order chi connectivity index (χ0) is 58.5. The molecule has 0 aliphatic rings. The van der Waals surface area contributed by atoms with Gasteiger partial charge in [-0.25, -0.2) is 0 Å². The Balaban J connectivity index is 4.26. The standard InChI is InChI=1S/C75H138O6/c1-4-7-10-13-16-19-22-25-28-30-32-34-36-37-38-39-41-42-44-47-50-53-56-59-62-65-68-74(77)80-71-72(70-79-73(76)67-64-61-58-55-52-49-46-27-24-21-18-15-12-9-6-3)81-75(78)69-66-63-60-57-54-51-48-45-43-40-35-33-31-29-26-23-20-17-14-11-8-5-2/h9,12,18,21,27,46,52,55,72H,4-8,10-11,13-17,19-20,22-26,28-45,47-51,53-54,56-71H2,1-3H3/b12-9-,21-18-,46-27-,55-52-. The molecule has 0 bridgehead atoms. The number of hydrogen-bond acceptors (Lipinski definition) is 6. The van der Waals surface area contributed by atoms with Crippen molar-refractivity contribution in [3.8, 4) is 0 Å². The molecule has 0 radical (unpaired) electrons. The van der Waals surface area contributed by atoms with Crippen LogP contribution in [0.3, 0.4) is 0 Å². The van der Waals surface area contributed by atoms with Gasteiger partial charge in [0.15, 0.2) is 6.10 Å². The maximum atomic E-state index is 13.0. The molecule has 81 heavy (non-hydrogen) atoms. The zero-order valence-corrected chi connectivity index (χ0v) is 54.6. The second-order valence-electron chi connectivity index (χ2n) is 24.5. The summed E-state index contributed by atoms with van der Waals surface area (Å²) in [6.07, 6.45) is 88.7. The molecule has 0 heterocycles. The Hall–Kier alpha value is -2.63. The molecule has 0 aromatic heterocycles. The fourth-order valence-corrected chi connectivity index (χ4v) is 11.0. The molecule has 0 aliphatic heterocycles. The van der Waals surface area contributed by atoms with Gasteiger partial charge in [-0.05, 0) is 57.8 Å². The Bertz CT molecular complexity index is 1400. The summed E-state index contributed by atoms with van der Waals surface area (Å²) in [6.45, 7) is 6.57. The van der Waals surface area contributed by atoms with Crippen LogP contribution in [0.2, 0.25) is 0 Å². The van der Waals surface area contributed by atoms with Crippen molar-refractivity contribution in [2.45, 2.75) is 399 Å². The van der Waals surface area contributed by atoms with Gasteiger partial charge in [-0.1, -0.05) is 365 Å². The zero-order valence-electron chi connectivity index (χ0n) is 54.6. The van der Waals surface area contributed by atoms with Crippen LogP contribution in [-0.2, 0) is 28.6 Å². The van der Waals surface area contributed by atoms with Crippen LogP contribution in [0.5, 0.6) is 0 Å². The van der Waals surface area contributed by atoms with Gasteiger partial charge >= 0.3 is 17.9 Å². The summed E-state index contributed by atoms with van der Waals surface area (Å²) < 4.78 is 17.0. The lowest BCUT2D eigenvalue weighted by Crippen LogP contribution is -2.30. The molecule has 0 saturated carbocycles. The van der Waals surface area contributed by atoms with Gasteiger partial charge in [-0.3, -0.25) is 14.4 Å². The van der Waals surface area contributed by atoms with E-state index in [1.165, 1.54) is 270 Å². The van der Waals surface area contributed by atoms with Crippen LogP contribution < -0.4 is 0 Å². The summed E-state index contributed by atoms with van der Waals surface area (Å²) in [4.78, 5) is 38.4. The highest BCUT2D eigenvalue weighted by Crippen LogP contribution is 2.19. The van der Waals surface area contributed by atoms with Crippen LogP contribution in [-0.4, -0.2) is 37.2 Å². The van der Waals surface area contributed by atoms with Crippen molar-refractivity contribution in [1.29, 1.82) is 0 Å². The Morgan fingerprint density at radius 2 is 0.481 bits per heavy atom. The van der Waals surface area contributed by atoms with Gasteiger partial charge in [0.2, 0.25) is 0 Å². The van der Waals surface area contributed by atoms with Crippen molar-refractivity contribution < 1.29 is 28.6 Å². The Morgan fingerprint density at radius 3 is 0.753 bits per heavy atom. The van der Waals surface area contributed by atoms with E-state index in [1.54, 1.807) is 0 Å². The molecular formula is C75H138O6. The average molecular weight is 1140 g/mol. The van der Waals surface area contributed by atoms with Crippen LogP contribution in [0.1, 0.15) is 393 Å². The van der Waals surface area contributed by atoms with E-state index in [0.29, 0.717) is 19.3 Å². The van der Waals surface area contributed by atoms with Crippen molar-refractivity contribution in [3.63, 3.8) is 0 Å². The van der Waals surface area contributed by atoms with Gasteiger partial charge in [-0.15, -0.1) is 0 Å². The highest BCUT2D eigenvalue weighted by Gasteiger charge is 2.19. The Kier molecular flexibility index (Phi) is 67.6. The quantitative estimate of drug-likeness (QED) is 0.0261. The number of esters is 3. The first kappa shape index (κ1) is 78.4. The molecule has 0 saturated heterocycles.